The predicted octanol–water partition coefficient (Wildman–Crippen LogP) is 4.18. The molecule has 0 fully saturated rings. The number of carbonyl (C=O) groups excluding carboxylic acids is 2. The Labute approximate surface area is 138 Å². The van der Waals surface area contributed by atoms with E-state index in [0.717, 1.165) is 0 Å². The summed E-state index contributed by atoms with van der Waals surface area (Å²) in [4.78, 5) is 24.1. The summed E-state index contributed by atoms with van der Waals surface area (Å²) in [6.07, 6.45) is -0.986. The SMILES string of the molecule is C[C@@H](OC(=O)c1c(Cl)cccc1Cl)C(=O)Nc1ccccc1. The first-order valence-corrected chi connectivity index (χ1v) is 7.25. The molecule has 0 aromatic heterocycles. The zero-order valence-corrected chi connectivity index (χ0v) is 13.2. The van der Waals surface area contributed by atoms with E-state index in [1.165, 1.54) is 19.1 Å². The minimum atomic E-state index is -0.986. The summed E-state index contributed by atoms with van der Waals surface area (Å²) in [5.41, 5.74) is 0.663. The van der Waals surface area contributed by atoms with Crippen molar-refractivity contribution in [3.63, 3.8) is 0 Å². The third-order valence-electron chi connectivity index (χ3n) is 2.86. The molecule has 4 nitrogen and oxygen atoms in total. The first-order valence-electron chi connectivity index (χ1n) is 6.50. The van der Waals surface area contributed by atoms with Gasteiger partial charge in [0.2, 0.25) is 0 Å². The van der Waals surface area contributed by atoms with Crippen LogP contribution in [0.4, 0.5) is 5.69 Å². The molecule has 2 rings (SSSR count). The van der Waals surface area contributed by atoms with Crippen LogP contribution in [0.5, 0.6) is 0 Å². The molecule has 22 heavy (non-hydrogen) atoms. The fourth-order valence-corrected chi connectivity index (χ4v) is 2.28. The zero-order chi connectivity index (χ0) is 16.1. The number of nitrogens with one attached hydrogen (secondary N) is 1. The second-order valence-electron chi connectivity index (χ2n) is 4.50. The fraction of sp³-hybridized carbons (Fsp3) is 0.125. The summed E-state index contributed by atoms with van der Waals surface area (Å²) in [6.45, 7) is 1.47. The van der Waals surface area contributed by atoms with Crippen molar-refractivity contribution in [3.05, 3.63) is 64.1 Å². The Morgan fingerprint density at radius 2 is 1.59 bits per heavy atom. The van der Waals surface area contributed by atoms with Crippen LogP contribution in [-0.4, -0.2) is 18.0 Å². The van der Waals surface area contributed by atoms with Gasteiger partial charge in [-0.05, 0) is 31.2 Å². The molecule has 6 heteroatoms. The van der Waals surface area contributed by atoms with Crippen LogP contribution in [0.1, 0.15) is 17.3 Å². The number of para-hydroxylation sites is 1. The highest BCUT2D eigenvalue weighted by Gasteiger charge is 2.22. The smallest absolute Gasteiger partial charge is 0.341 e. The molecule has 0 saturated carbocycles. The molecule has 0 unspecified atom stereocenters. The van der Waals surface area contributed by atoms with Crippen LogP contribution in [0.2, 0.25) is 10.0 Å². The van der Waals surface area contributed by atoms with Crippen molar-refractivity contribution in [1.82, 2.24) is 0 Å². The lowest BCUT2D eigenvalue weighted by atomic mass is 10.2. The number of ether oxygens (including phenoxy) is 1. The number of rotatable bonds is 4. The topological polar surface area (TPSA) is 55.4 Å². The van der Waals surface area contributed by atoms with Gasteiger partial charge in [0.25, 0.3) is 5.91 Å². The molecule has 2 aromatic carbocycles. The molecule has 1 atom stereocenters. The van der Waals surface area contributed by atoms with Crippen LogP contribution in [-0.2, 0) is 9.53 Å². The normalized spacial score (nSPS) is 11.6. The third kappa shape index (κ3) is 4.00. The van der Waals surface area contributed by atoms with Crippen LogP contribution in [0.15, 0.2) is 48.5 Å². The van der Waals surface area contributed by atoms with Gasteiger partial charge in [-0.2, -0.15) is 0 Å². The maximum atomic E-state index is 12.1. The number of benzene rings is 2. The van der Waals surface area contributed by atoms with Crippen LogP contribution in [0.25, 0.3) is 0 Å². The summed E-state index contributed by atoms with van der Waals surface area (Å²) >= 11 is 11.9. The van der Waals surface area contributed by atoms with Gasteiger partial charge in [0.05, 0.1) is 15.6 Å². The van der Waals surface area contributed by atoms with Crippen LogP contribution >= 0.6 is 23.2 Å². The average molecular weight is 338 g/mol. The van der Waals surface area contributed by atoms with Gasteiger partial charge in [0, 0.05) is 5.69 Å². The van der Waals surface area contributed by atoms with Gasteiger partial charge in [0.15, 0.2) is 6.10 Å². The zero-order valence-electron chi connectivity index (χ0n) is 11.7. The van der Waals surface area contributed by atoms with E-state index in [2.05, 4.69) is 5.32 Å². The number of anilines is 1. The van der Waals surface area contributed by atoms with E-state index in [-0.39, 0.29) is 15.6 Å². The summed E-state index contributed by atoms with van der Waals surface area (Å²) in [5, 5.41) is 2.99. The fourth-order valence-electron chi connectivity index (χ4n) is 1.73. The Balaban J connectivity index is 2.03. The third-order valence-corrected chi connectivity index (χ3v) is 3.49. The maximum absolute atomic E-state index is 12.1. The Morgan fingerprint density at radius 3 is 2.18 bits per heavy atom. The molecule has 0 aliphatic heterocycles. The summed E-state index contributed by atoms with van der Waals surface area (Å²) in [6, 6.07) is 13.5. The molecular weight excluding hydrogens is 325 g/mol. The van der Waals surface area contributed by atoms with Gasteiger partial charge in [0.1, 0.15) is 0 Å². The van der Waals surface area contributed by atoms with Crippen LogP contribution in [0, 0.1) is 0 Å². The van der Waals surface area contributed by atoms with Gasteiger partial charge in [-0.3, -0.25) is 4.79 Å². The highest BCUT2D eigenvalue weighted by molar-refractivity contribution is 6.39. The van der Waals surface area contributed by atoms with E-state index in [1.54, 1.807) is 30.3 Å². The van der Waals surface area contributed by atoms with Crippen molar-refractivity contribution in [3.8, 4) is 0 Å². The molecule has 0 bridgehead atoms. The molecule has 0 radical (unpaired) electrons. The highest BCUT2D eigenvalue weighted by atomic mass is 35.5. The molecule has 0 heterocycles. The van der Waals surface area contributed by atoms with Crippen molar-refractivity contribution < 1.29 is 14.3 Å². The number of halogens is 2. The molecule has 1 N–H and O–H groups in total. The second-order valence-corrected chi connectivity index (χ2v) is 5.31. The van der Waals surface area contributed by atoms with Crippen LogP contribution < -0.4 is 5.32 Å². The molecule has 0 spiro atoms. The first-order chi connectivity index (χ1) is 10.5. The lowest BCUT2D eigenvalue weighted by molar-refractivity contribution is -0.123. The van der Waals surface area contributed by atoms with Gasteiger partial charge < -0.3 is 10.1 Å². The Hall–Kier alpha value is -2.04. The second kappa shape index (κ2) is 7.29. The molecule has 114 valence electrons. The lowest BCUT2D eigenvalue weighted by Crippen LogP contribution is -2.30. The molecular formula is C16H13Cl2NO3. The van der Waals surface area contributed by atoms with Gasteiger partial charge >= 0.3 is 5.97 Å². The molecule has 0 saturated heterocycles. The Morgan fingerprint density at radius 1 is 1.00 bits per heavy atom. The quantitative estimate of drug-likeness (QED) is 0.851. The molecule has 0 aliphatic carbocycles. The van der Waals surface area contributed by atoms with E-state index < -0.39 is 18.0 Å². The number of hydrogen-bond acceptors (Lipinski definition) is 3. The van der Waals surface area contributed by atoms with E-state index >= 15 is 0 Å². The molecule has 2 aromatic rings. The van der Waals surface area contributed by atoms with Crippen molar-refractivity contribution in [1.29, 1.82) is 0 Å². The van der Waals surface area contributed by atoms with Crippen molar-refractivity contribution in [2.24, 2.45) is 0 Å². The lowest BCUT2D eigenvalue weighted by Gasteiger charge is -2.14. The number of amides is 1. The number of esters is 1. The summed E-state index contributed by atoms with van der Waals surface area (Å²) in [5.74, 6) is -1.19. The predicted molar refractivity (Wildman–Crippen MR) is 86.4 cm³/mol. The minimum Gasteiger partial charge on any atom is -0.449 e. The van der Waals surface area contributed by atoms with Crippen molar-refractivity contribution >= 4 is 40.8 Å². The Kier molecular flexibility index (Phi) is 5.41. The highest BCUT2D eigenvalue weighted by Crippen LogP contribution is 2.25. The van der Waals surface area contributed by atoms with E-state index in [9.17, 15) is 9.59 Å². The maximum Gasteiger partial charge on any atom is 0.341 e. The van der Waals surface area contributed by atoms with E-state index in [1.807, 2.05) is 6.07 Å². The van der Waals surface area contributed by atoms with Crippen molar-refractivity contribution in [2.45, 2.75) is 13.0 Å². The standard InChI is InChI=1S/C16H13Cl2NO3/c1-10(15(20)19-11-6-3-2-4-7-11)22-16(21)14-12(17)8-5-9-13(14)18/h2-10H,1H3,(H,19,20)/t10-/m1/s1. The van der Waals surface area contributed by atoms with Crippen molar-refractivity contribution in [2.75, 3.05) is 5.32 Å². The van der Waals surface area contributed by atoms with E-state index in [0.29, 0.717) is 5.69 Å². The monoisotopic (exact) mass is 337 g/mol. The van der Waals surface area contributed by atoms with Gasteiger partial charge in [-0.15, -0.1) is 0 Å². The first kappa shape index (κ1) is 16.3. The number of carbonyl (C=O) groups is 2. The summed E-state index contributed by atoms with van der Waals surface area (Å²) < 4.78 is 5.11. The van der Waals surface area contributed by atoms with Crippen LogP contribution in [0.3, 0.4) is 0 Å². The largest absolute Gasteiger partial charge is 0.449 e. The Bertz CT molecular complexity index is 669. The van der Waals surface area contributed by atoms with Gasteiger partial charge in [-0.1, -0.05) is 47.5 Å². The minimum absolute atomic E-state index is 0.0465. The van der Waals surface area contributed by atoms with Gasteiger partial charge in [-0.25, -0.2) is 4.79 Å². The molecule has 0 aliphatic rings. The molecule has 1 amide bonds. The average Bonchev–Trinajstić information content (AvgIpc) is 2.48. The number of hydrogen-bond donors (Lipinski definition) is 1. The summed E-state index contributed by atoms with van der Waals surface area (Å²) in [7, 11) is 0. The van der Waals surface area contributed by atoms with E-state index in [4.69, 9.17) is 27.9 Å².